The number of amides is 2. The van der Waals surface area contributed by atoms with Crippen LogP contribution in [0, 0.1) is 0 Å². The van der Waals surface area contributed by atoms with Gasteiger partial charge in [-0.2, -0.15) is 0 Å². The Morgan fingerprint density at radius 1 is 0.971 bits per heavy atom. The Morgan fingerprint density at radius 2 is 1.53 bits per heavy atom. The van der Waals surface area contributed by atoms with Gasteiger partial charge in [-0.15, -0.1) is 0 Å². The summed E-state index contributed by atoms with van der Waals surface area (Å²) < 4.78 is 5.60. The minimum absolute atomic E-state index is 0.00688. The number of ether oxygens (including phenoxy) is 1. The second kappa shape index (κ2) is 11.2. The van der Waals surface area contributed by atoms with Gasteiger partial charge in [-0.1, -0.05) is 75.7 Å². The van der Waals surface area contributed by atoms with Gasteiger partial charge in [0.25, 0.3) is 0 Å². The van der Waals surface area contributed by atoms with Crippen molar-refractivity contribution in [3.8, 4) is 11.1 Å². The minimum atomic E-state index is -1.29. The van der Waals surface area contributed by atoms with Gasteiger partial charge in [-0.3, -0.25) is 4.79 Å². The van der Waals surface area contributed by atoms with Crippen molar-refractivity contribution in [1.82, 2.24) is 10.6 Å². The lowest BCUT2D eigenvalue weighted by Crippen LogP contribution is -2.54. The summed E-state index contributed by atoms with van der Waals surface area (Å²) in [6.07, 6.45) is 1.31. The quantitative estimate of drug-likeness (QED) is 0.439. The molecule has 3 rings (SSSR count). The minimum Gasteiger partial charge on any atom is -0.480 e. The number of carbonyl (C=O) groups excluding carboxylic acids is 2. The summed E-state index contributed by atoms with van der Waals surface area (Å²) in [6, 6.07) is 15.8. The maximum absolute atomic E-state index is 12.6. The van der Waals surface area contributed by atoms with Gasteiger partial charge >= 0.3 is 12.1 Å². The summed E-state index contributed by atoms with van der Waals surface area (Å²) in [4.78, 5) is 36.9. The van der Waals surface area contributed by atoms with Gasteiger partial charge in [0.2, 0.25) is 5.91 Å². The Labute approximate surface area is 200 Å². The summed E-state index contributed by atoms with van der Waals surface area (Å²) in [6.45, 7) is 5.62. The number of fused-ring (bicyclic) bond motifs is 3. The second-order valence-electron chi connectivity index (χ2n) is 8.80. The number of carboxylic acids is 1. The number of hydrogen-bond acceptors (Lipinski definition) is 4. The molecule has 7 nitrogen and oxygen atoms in total. The molecule has 0 saturated carbocycles. The Balaban J connectivity index is 1.61. The number of carbonyl (C=O) groups is 3. The zero-order valence-electron chi connectivity index (χ0n) is 20.1. The van der Waals surface area contributed by atoms with Crippen molar-refractivity contribution in [3.63, 3.8) is 0 Å². The molecule has 0 spiro atoms. The van der Waals surface area contributed by atoms with E-state index in [-0.39, 0.29) is 31.8 Å². The van der Waals surface area contributed by atoms with E-state index in [4.69, 9.17) is 4.74 Å². The lowest BCUT2D eigenvalue weighted by atomic mass is 9.92. The monoisotopic (exact) mass is 466 g/mol. The lowest BCUT2D eigenvalue weighted by molar-refractivity contribution is -0.148. The highest BCUT2D eigenvalue weighted by Crippen LogP contribution is 2.44. The van der Waals surface area contributed by atoms with E-state index in [0.717, 1.165) is 28.7 Å². The summed E-state index contributed by atoms with van der Waals surface area (Å²) in [7, 11) is 0. The Bertz CT molecular complexity index is 986. The number of nitrogens with one attached hydrogen (secondary N) is 2. The fraction of sp³-hybridized carbons (Fsp3) is 0.444. The van der Waals surface area contributed by atoms with Crippen LogP contribution in [0.3, 0.4) is 0 Å². The van der Waals surface area contributed by atoms with E-state index in [2.05, 4.69) is 34.9 Å². The number of rotatable bonds is 11. The van der Waals surface area contributed by atoms with Crippen LogP contribution in [0.1, 0.15) is 69.9 Å². The molecule has 1 atom stereocenters. The first-order chi connectivity index (χ1) is 16.3. The van der Waals surface area contributed by atoms with Crippen LogP contribution in [0.4, 0.5) is 4.79 Å². The predicted molar refractivity (Wildman–Crippen MR) is 131 cm³/mol. The molecule has 0 bridgehead atoms. The zero-order valence-corrected chi connectivity index (χ0v) is 20.1. The van der Waals surface area contributed by atoms with Gasteiger partial charge in [-0.25, -0.2) is 9.59 Å². The first kappa shape index (κ1) is 25.3. The van der Waals surface area contributed by atoms with Crippen molar-refractivity contribution in [3.05, 3.63) is 59.7 Å². The van der Waals surface area contributed by atoms with Crippen molar-refractivity contribution in [1.29, 1.82) is 0 Å². The fourth-order valence-corrected chi connectivity index (χ4v) is 4.70. The highest BCUT2D eigenvalue weighted by Gasteiger charge is 2.37. The average Bonchev–Trinajstić information content (AvgIpc) is 3.15. The highest BCUT2D eigenvalue weighted by atomic mass is 16.5. The van der Waals surface area contributed by atoms with Gasteiger partial charge in [0.1, 0.15) is 12.1 Å². The third-order valence-electron chi connectivity index (χ3n) is 6.73. The van der Waals surface area contributed by atoms with Crippen molar-refractivity contribution in [2.75, 3.05) is 6.61 Å². The third kappa shape index (κ3) is 5.41. The van der Waals surface area contributed by atoms with Crippen LogP contribution in [-0.4, -0.2) is 41.3 Å². The fourth-order valence-electron chi connectivity index (χ4n) is 4.70. The van der Waals surface area contributed by atoms with Crippen LogP contribution in [0.5, 0.6) is 0 Å². The van der Waals surface area contributed by atoms with Gasteiger partial charge in [0.05, 0.1) is 0 Å². The van der Waals surface area contributed by atoms with Crippen molar-refractivity contribution in [2.45, 2.75) is 70.4 Å². The number of hydrogen-bond donors (Lipinski definition) is 3. The van der Waals surface area contributed by atoms with E-state index in [1.165, 1.54) is 0 Å². The van der Waals surface area contributed by atoms with E-state index >= 15 is 0 Å². The molecule has 3 N–H and O–H groups in total. The highest BCUT2D eigenvalue weighted by molar-refractivity contribution is 5.87. The molecule has 182 valence electrons. The van der Waals surface area contributed by atoms with Gasteiger partial charge < -0.3 is 20.5 Å². The SMILES string of the molecule is CCC[C@@H](CC(=O)NC(CC)(CC)C(=O)O)NC(=O)OCC1c2ccccc2-c2ccccc21. The normalized spacial score (nSPS) is 13.5. The zero-order chi connectivity index (χ0) is 24.7. The number of alkyl carbamates (subject to hydrolysis) is 1. The van der Waals surface area contributed by atoms with Crippen molar-refractivity contribution < 1.29 is 24.2 Å². The van der Waals surface area contributed by atoms with Crippen LogP contribution in [-0.2, 0) is 14.3 Å². The van der Waals surface area contributed by atoms with Crippen LogP contribution < -0.4 is 10.6 Å². The molecule has 0 heterocycles. The number of benzene rings is 2. The molecule has 0 fully saturated rings. The molecule has 0 aromatic heterocycles. The van der Waals surface area contributed by atoms with Gasteiger partial charge in [-0.05, 0) is 41.5 Å². The smallest absolute Gasteiger partial charge is 0.407 e. The van der Waals surface area contributed by atoms with E-state index in [9.17, 15) is 19.5 Å². The average molecular weight is 467 g/mol. The van der Waals surface area contributed by atoms with Crippen LogP contribution >= 0.6 is 0 Å². The van der Waals surface area contributed by atoms with E-state index in [0.29, 0.717) is 6.42 Å². The van der Waals surface area contributed by atoms with E-state index < -0.39 is 29.6 Å². The molecule has 2 aromatic carbocycles. The molecule has 2 aromatic rings. The van der Waals surface area contributed by atoms with Crippen LogP contribution in [0.25, 0.3) is 11.1 Å². The first-order valence-electron chi connectivity index (χ1n) is 12.0. The summed E-state index contributed by atoms with van der Waals surface area (Å²) in [5, 5.41) is 15.0. The summed E-state index contributed by atoms with van der Waals surface area (Å²) in [5.74, 6) is -1.50. The molecule has 0 aliphatic heterocycles. The second-order valence-corrected chi connectivity index (χ2v) is 8.80. The van der Waals surface area contributed by atoms with E-state index in [1.807, 2.05) is 31.2 Å². The van der Waals surface area contributed by atoms with Crippen molar-refractivity contribution in [2.24, 2.45) is 0 Å². The molecule has 34 heavy (non-hydrogen) atoms. The predicted octanol–water partition coefficient (Wildman–Crippen LogP) is 4.84. The van der Waals surface area contributed by atoms with E-state index in [1.54, 1.807) is 13.8 Å². The van der Waals surface area contributed by atoms with Crippen LogP contribution in [0.15, 0.2) is 48.5 Å². The Kier molecular flexibility index (Phi) is 8.31. The molecule has 7 heteroatoms. The number of aliphatic carboxylic acids is 1. The molecule has 1 aliphatic carbocycles. The lowest BCUT2D eigenvalue weighted by Gasteiger charge is -2.29. The Hall–Kier alpha value is -3.35. The topological polar surface area (TPSA) is 105 Å². The Morgan fingerprint density at radius 3 is 2.03 bits per heavy atom. The standard InChI is InChI=1S/C27H34N2O5/c1-4-11-18(16-24(30)29-27(5-2,6-3)25(31)32)28-26(33)34-17-23-21-14-9-7-12-19(21)20-13-8-10-15-22(20)23/h7-10,12-15,18,23H,4-6,11,16-17H2,1-3H3,(H,28,33)(H,29,30)(H,31,32)/t18-/m0/s1. The van der Waals surface area contributed by atoms with Crippen LogP contribution in [0.2, 0.25) is 0 Å². The largest absolute Gasteiger partial charge is 0.480 e. The summed E-state index contributed by atoms with van der Waals surface area (Å²) in [5.41, 5.74) is 3.27. The molecule has 0 unspecified atom stereocenters. The van der Waals surface area contributed by atoms with Gasteiger partial charge in [0.15, 0.2) is 0 Å². The maximum Gasteiger partial charge on any atom is 0.407 e. The number of carboxylic acid groups (broad SMARTS) is 1. The van der Waals surface area contributed by atoms with Gasteiger partial charge in [0, 0.05) is 18.4 Å². The molecular weight excluding hydrogens is 432 g/mol. The molecule has 0 saturated heterocycles. The third-order valence-corrected chi connectivity index (χ3v) is 6.73. The van der Waals surface area contributed by atoms with Crippen molar-refractivity contribution >= 4 is 18.0 Å². The molecule has 1 aliphatic rings. The summed E-state index contributed by atoms with van der Waals surface area (Å²) >= 11 is 0. The first-order valence-corrected chi connectivity index (χ1v) is 12.0. The molecule has 2 amide bonds. The molecular formula is C27H34N2O5. The maximum atomic E-state index is 12.6. The molecule has 0 radical (unpaired) electrons.